The second kappa shape index (κ2) is 4.56. The summed E-state index contributed by atoms with van der Waals surface area (Å²) in [7, 11) is 2.12. The molecular weight excluding hydrogens is 341 g/mol. The zero-order valence-corrected chi connectivity index (χ0v) is 14.2. The molecule has 0 unspecified atom stereocenters. The first-order chi connectivity index (χ1) is 6.26. The molecule has 14 heavy (non-hydrogen) atoms. The molecule has 0 aromatic carbocycles. The van der Waals surface area contributed by atoms with Gasteiger partial charge in [-0.15, -0.1) is 0 Å². The molecule has 0 rings (SSSR count). The van der Waals surface area contributed by atoms with E-state index in [2.05, 4.69) is 52.3 Å². The number of hydrogen-bond acceptors (Lipinski definition) is 1. The minimum absolute atomic E-state index is 0.109. The van der Waals surface area contributed by atoms with Crippen LogP contribution >= 0.6 is 0 Å². The van der Waals surface area contributed by atoms with Gasteiger partial charge in [0.2, 0.25) is 0 Å². The average Bonchev–Trinajstić information content (AvgIpc) is 2.14. The Labute approximate surface area is 91.0 Å². The summed E-state index contributed by atoms with van der Waals surface area (Å²) in [4.78, 5) is 0. The van der Waals surface area contributed by atoms with E-state index in [1.54, 1.807) is 0 Å². The standard InChI is InChI=1S/C4H9N.3C2H5.CH4N.Ta/c1-4(2,3)5;4*1-2;/h1-3H3;3*1H2,2H3;2H,1H3;/q;;;;-1;+1. The van der Waals surface area contributed by atoms with Crippen molar-refractivity contribution in [2.45, 2.75) is 61.0 Å². The summed E-state index contributed by atoms with van der Waals surface area (Å²) in [5.41, 5.74) is 0.109. The Kier molecular flexibility index (Phi) is 4.73. The molecule has 0 aromatic heterocycles. The van der Waals surface area contributed by atoms with Gasteiger partial charge < -0.3 is 0 Å². The summed E-state index contributed by atoms with van der Waals surface area (Å²) in [5, 5.41) is 0. The number of rotatable bonds is 4. The van der Waals surface area contributed by atoms with E-state index in [0.717, 1.165) is 0 Å². The van der Waals surface area contributed by atoms with Crippen molar-refractivity contribution in [3.8, 4) is 0 Å². The van der Waals surface area contributed by atoms with E-state index >= 15 is 0 Å². The van der Waals surface area contributed by atoms with E-state index in [0.29, 0.717) is 0 Å². The summed E-state index contributed by atoms with van der Waals surface area (Å²) in [6.45, 7) is 13.6. The summed E-state index contributed by atoms with van der Waals surface area (Å²) < 4.78 is 12.7. The molecule has 0 amide bonds. The first-order valence-electron chi connectivity index (χ1n) is 5.72. The minimum atomic E-state index is -2.97. The Bertz CT molecular complexity index is 211. The normalized spacial score (nSPS) is 16.1. The second-order valence-corrected chi connectivity index (χ2v) is 26.2. The average molecular weight is 369 g/mol. The Hall–Kier alpha value is 0.500. The van der Waals surface area contributed by atoms with Crippen LogP contribution in [0, 0.1) is 0 Å². The molecule has 0 fully saturated rings. The van der Waals surface area contributed by atoms with Gasteiger partial charge in [0.05, 0.1) is 0 Å². The van der Waals surface area contributed by atoms with Gasteiger partial charge in [0, 0.05) is 0 Å². The third-order valence-corrected chi connectivity index (χ3v) is 27.6. The van der Waals surface area contributed by atoms with E-state index < -0.39 is 15.9 Å². The molecule has 0 spiro atoms. The van der Waals surface area contributed by atoms with Crippen molar-refractivity contribution in [2.75, 3.05) is 7.05 Å². The molecule has 87 valence electrons. The first-order valence-corrected chi connectivity index (χ1v) is 15.6. The fourth-order valence-electron chi connectivity index (χ4n) is 2.19. The Morgan fingerprint density at radius 3 is 1.43 bits per heavy atom. The van der Waals surface area contributed by atoms with Crippen LogP contribution < -0.4 is 3.72 Å². The van der Waals surface area contributed by atoms with Crippen LogP contribution in [0.4, 0.5) is 0 Å². The van der Waals surface area contributed by atoms with Gasteiger partial charge in [0.15, 0.2) is 0 Å². The van der Waals surface area contributed by atoms with Gasteiger partial charge in [-0.1, -0.05) is 0 Å². The van der Waals surface area contributed by atoms with E-state index in [4.69, 9.17) is 3.34 Å². The van der Waals surface area contributed by atoms with Gasteiger partial charge in [-0.3, -0.25) is 0 Å². The van der Waals surface area contributed by atoms with E-state index in [1.165, 1.54) is 13.9 Å². The van der Waals surface area contributed by atoms with Crippen molar-refractivity contribution in [3.63, 3.8) is 0 Å². The molecule has 0 heterocycles. The van der Waals surface area contributed by atoms with Gasteiger partial charge >= 0.3 is 91.0 Å². The quantitative estimate of drug-likeness (QED) is 0.793. The Balaban J connectivity index is 5.59. The maximum atomic E-state index is 5.25. The van der Waals surface area contributed by atoms with Crippen molar-refractivity contribution in [2.24, 2.45) is 3.34 Å². The molecule has 2 nitrogen and oxygen atoms in total. The van der Waals surface area contributed by atoms with Crippen molar-refractivity contribution >= 4 is 0 Å². The van der Waals surface area contributed by atoms with E-state index in [9.17, 15) is 0 Å². The molecule has 0 aliphatic carbocycles. The number of nitrogens with zero attached hydrogens (tertiary/aromatic N) is 1. The Morgan fingerprint density at radius 2 is 1.36 bits per heavy atom. The molecule has 0 radical (unpaired) electrons. The monoisotopic (exact) mass is 369 g/mol. The summed E-state index contributed by atoms with van der Waals surface area (Å²) in [6.07, 6.45) is 0. The van der Waals surface area contributed by atoms with Crippen LogP contribution in [0.25, 0.3) is 0 Å². The topological polar surface area (TPSA) is 24.4 Å². The van der Waals surface area contributed by atoms with Crippen LogP contribution in [0.3, 0.4) is 0 Å². The van der Waals surface area contributed by atoms with Crippen LogP contribution in [-0.4, -0.2) is 12.6 Å². The molecule has 0 bridgehead atoms. The molecule has 0 saturated carbocycles. The SMILES string of the molecule is C[CH2][Ta]([CH2]C)([CH2]C)(=[N]C(C)(C)C)[NH]C. The molecule has 0 aliphatic heterocycles. The molecule has 0 aromatic rings. The molecule has 0 aliphatic rings. The molecule has 3 heteroatoms. The predicted octanol–water partition coefficient (Wildman–Crippen LogP) is 4.11. The maximum absolute atomic E-state index is 5.25. The van der Waals surface area contributed by atoms with Crippen LogP contribution in [-0.2, 0) is 15.9 Å². The van der Waals surface area contributed by atoms with Crippen molar-refractivity contribution < 1.29 is 15.9 Å². The van der Waals surface area contributed by atoms with E-state index in [1.807, 2.05) is 0 Å². The number of hydrogen-bond donors (Lipinski definition) is 1. The Morgan fingerprint density at radius 1 is 1.00 bits per heavy atom. The predicted molar refractivity (Wildman–Crippen MR) is 62.7 cm³/mol. The zero-order valence-electron chi connectivity index (χ0n) is 11.0. The van der Waals surface area contributed by atoms with Crippen LogP contribution in [0.1, 0.15) is 41.5 Å². The van der Waals surface area contributed by atoms with Crippen molar-refractivity contribution in [1.29, 1.82) is 0 Å². The van der Waals surface area contributed by atoms with Crippen molar-refractivity contribution in [1.82, 2.24) is 3.72 Å². The van der Waals surface area contributed by atoms with Crippen LogP contribution in [0.2, 0.25) is 13.9 Å². The molecule has 0 atom stereocenters. The molecule has 0 saturated heterocycles. The number of nitrogens with one attached hydrogen (secondary N) is 1. The summed E-state index contributed by atoms with van der Waals surface area (Å²) in [5.74, 6) is 0. The molecular formula is C11H28N2Ta. The first kappa shape index (κ1) is 14.5. The third kappa shape index (κ3) is 2.99. The van der Waals surface area contributed by atoms with Gasteiger partial charge in [-0.2, -0.15) is 0 Å². The van der Waals surface area contributed by atoms with Gasteiger partial charge in [-0.05, 0) is 0 Å². The second-order valence-electron chi connectivity index (χ2n) is 5.11. The van der Waals surface area contributed by atoms with Gasteiger partial charge in [0.1, 0.15) is 0 Å². The van der Waals surface area contributed by atoms with Gasteiger partial charge in [0.25, 0.3) is 0 Å². The van der Waals surface area contributed by atoms with Crippen LogP contribution in [0.5, 0.6) is 0 Å². The fourth-order valence-corrected chi connectivity index (χ4v) is 18.0. The fraction of sp³-hybridized carbons (Fsp3) is 1.00. The zero-order chi connectivity index (χ0) is 11.5. The molecule has 1 N–H and O–H groups in total. The van der Waals surface area contributed by atoms with Crippen LogP contribution in [0.15, 0.2) is 3.34 Å². The summed E-state index contributed by atoms with van der Waals surface area (Å²) in [6, 6.07) is 0. The van der Waals surface area contributed by atoms with E-state index in [-0.39, 0.29) is 5.54 Å². The summed E-state index contributed by atoms with van der Waals surface area (Å²) >= 11 is -2.97. The third-order valence-electron chi connectivity index (χ3n) is 3.38. The van der Waals surface area contributed by atoms with Crippen molar-refractivity contribution in [3.05, 3.63) is 0 Å². The van der Waals surface area contributed by atoms with Gasteiger partial charge in [-0.25, -0.2) is 0 Å².